The molecule has 0 saturated carbocycles. The van der Waals surface area contributed by atoms with E-state index in [9.17, 15) is 5.26 Å². The summed E-state index contributed by atoms with van der Waals surface area (Å²) >= 11 is 0. The predicted octanol–water partition coefficient (Wildman–Crippen LogP) is 5.49. The minimum Gasteiger partial charge on any atom is -0.497 e. The third kappa shape index (κ3) is 5.14. The number of H-pyrrole nitrogens is 1. The molecule has 0 unspecified atom stereocenters. The van der Waals surface area contributed by atoms with Crippen LogP contribution in [0.15, 0.2) is 78.9 Å². The van der Waals surface area contributed by atoms with Crippen LogP contribution in [0.1, 0.15) is 22.4 Å². The second-order valence-corrected chi connectivity index (χ2v) is 7.76. The first-order valence-corrected chi connectivity index (χ1v) is 10.6. The lowest BCUT2D eigenvalue weighted by Gasteiger charge is -2.23. The second-order valence-electron chi connectivity index (χ2n) is 7.76. The van der Waals surface area contributed by atoms with Crippen LogP contribution in [0, 0.1) is 11.3 Å². The molecular weight excluding hydrogens is 382 g/mol. The Labute approximate surface area is 183 Å². The molecule has 0 aliphatic rings. The van der Waals surface area contributed by atoms with E-state index in [0.29, 0.717) is 6.42 Å². The number of nitrogens with zero attached hydrogens (tertiary/aromatic N) is 2. The van der Waals surface area contributed by atoms with Gasteiger partial charge >= 0.3 is 0 Å². The SMILES string of the molecule is COc1ccc2[nH]c(CCN(Cc3ccccc3)Cc3ccccc3)c(CC#N)c2c1. The Balaban J connectivity index is 1.57. The fraction of sp³-hybridized carbons (Fsp3) is 0.222. The lowest BCUT2D eigenvalue weighted by Crippen LogP contribution is -2.25. The van der Waals surface area contributed by atoms with Crippen molar-refractivity contribution in [1.29, 1.82) is 5.26 Å². The lowest BCUT2D eigenvalue weighted by atomic mass is 10.1. The van der Waals surface area contributed by atoms with E-state index in [-0.39, 0.29) is 0 Å². The normalized spacial score (nSPS) is 11.0. The van der Waals surface area contributed by atoms with Gasteiger partial charge in [-0.25, -0.2) is 0 Å². The summed E-state index contributed by atoms with van der Waals surface area (Å²) in [6, 6.07) is 29.5. The predicted molar refractivity (Wildman–Crippen MR) is 125 cm³/mol. The van der Waals surface area contributed by atoms with Gasteiger partial charge in [-0.1, -0.05) is 60.7 Å². The zero-order valence-electron chi connectivity index (χ0n) is 17.8. The zero-order valence-corrected chi connectivity index (χ0v) is 17.8. The van der Waals surface area contributed by atoms with Crippen molar-refractivity contribution in [2.75, 3.05) is 13.7 Å². The first kappa shape index (κ1) is 20.7. The summed E-state index contributed by atoms with van der Waals surface area (Å²) in [5.74, 6) is 0.812. The summed E-state index contributed by atoms with van der Waals surface area (Å²) in [4.78, 5) is 6.02. The quantitative estimate of drug-likeness (QED) is 0.398. The van der Waals surface area contributed by atoms with Crippen LogP contribution < -0.4 is 4.74 Å². The molecule has 0 bridgehead atoms. The molecule has 4 heteroatoms. The molecule has 3 aromatic carbocycles. The Bertz CT molecular complexity index is 1120. The van der Waals surface area contributed by atoms with E-state index in [1.165, 1.54) is 11.1 Å². The molecule has 0 radical (unpaired) electrons. The Hall–Kier alpha value is -3.55. The standard InChI is InChI=1S/C27H27N3O/c1-31-23-12-13-26-25(18-23)24(14-16-28)27(29-26)15-17-30(19-21-8-4-2-5-9-21)20-22-10-6-3-7-11-22/h2-13,18,29H,14-15,17,19-20H2,1H3. The van der Waals surface area contributed by atoms with Crippen LogP contribution in [0.5, 0.6) is 5.75 Å². The van der Waals surface area contributed by atoms with E-state index in [1.807, 2.05) is 18.2 Å². The highest BCUT2D eigenvalue weighted by Crippen LogP contribution is 2.27. The largest absolute Gasteiger partial charge is 0.497 e. The Morgan fingerprint density at radius 3 is 2.13 bits per heavy atom. The topological polar surface area (TPSA) is 52.0 Å². The van der Waals surface area contributed by atoms with E-state index in [0.717, 1.165) is 54.0 Å². The molecule has 1 heterocycles. The molecule has 4 aromatic rings. The zero-order chi connectivity index (χ0) is 21.5. The molecule has 0 aliphatic heterocycles. The summed E-state index contributed by atoms with van der Waals surface area (Å²) in [6.07, 6.45) is 1.24. The van der Waals surface area contributed by atoms with Crippen molar-refractivity contribution in [2.45, 2.75) is 25.9 Å². The number of nitriles is 1. The first-order valence-electron chi connectivity index (χ1n) is 10.6. The number of hydrogen-bond donors (Lipinski definition) is 1. The van der Waals surface area contributed by atoms with Crippen LogP contribution >= 0.6 is 0 Å². The third-order valence-corrected chi connectivity index (χ3v) is 5.63. The average molecular weight is 410 g/mol. The van der Waals surface area contributed by atoms with Crippen molar-refractivity contribution in [1.82, 2.24) is 9.88 Å². The lowest BCUT2D eigenvalue weighted by molar-refractivity contribution is 0.259. The summed E-state index contributed by atoms with van der Waals surface area (Å²) in [5, 5.41) is 10.5. The highest BCUT2D eigenvalue weighted by atomic mass is 16.5. The summed E-state index contributed by atoms with van der Waals surface area (Å²) in [6.45, 7) is 2.67. The van der Waals surface area contributed by atoms with E-state index in [1.54, 1.807) is 7.11 Å². The fourth-order valence-corrected chi connectivity index (χ4v) is 4.07. The smallest absolute Gasteiger partial charge is 0.119 e. The maximum Gasteiger partial charge on any atom is 0.119 e. The van der Waals surface area contributed by atoms with Gasteiger partial charge < -0.3 is 9.72 Å². The van der Waals surface area contributed by atoms with Crippen molar-refractivity contribution in [3.63, 3.8) is 0 Å². The molecule has 1 aromatic heterocycles. The van der Waals surface area contributed by atoms with Crippen molar-refractivity contribution in [3.05, 3.63) is 101 Å². The molecule has 0 aliphatic carbocycles. The number of methoxy groups -OCH3 is 1. The monoisotopic (exact) mass is 409 g/mol. The van der Waals surface area contributed by atoms with Crippen LogP contribution in [0.2, 0.25) is 0 Å². The number of rotatable bonds is 9. The molecule has 1 N–H and O–H groups in total. The fourth-order valence-electron chi connectivity index (χ4n) is 4.07. The highest BCUT2D eigenvalue weighted by molar-refractivity contribution is 5.86. The van der Waals surface area contributed by atoms with E-state index >= 15 is 0 Å². The van der Waals surface area contributed by atoms with Gasteiger partial charge in [-0.2, -0.15) is 5.26 Å². The summed E-state index contributed by atoms with van der Waals surface area (Å²) in [5.41, 5.74) is 5.87. The minimum absolute atomic E-state index is 0.389. The number of aromatic amines is 1. The van der Waals surface area contributed by atoms with Crippen LogP contribution in [0.25, 0.3) is 10.9 Å². The summed E-state index contributed by atoms with van der Waals surface area (Å²) in [7, 11) is 1.67. The number of benzene rings is 3. The van der Waals surface area contributed by atoms with Gasteiger partial charge in [0.15, 0.2) is 0 Å². The maximum absolute atomic E-state index is 9.41. The molecule has 0 atom stereocenters. The maximum atomic E-state index is 9.41. The van der Waals surface area contributed by atoms with Gasteiger partial charge in [-0.3, -0.25) is 4.90 Å². The second kappa shape index (κ2) is 9.97. The van der Waals surface area contributed by atoms with Crippen LogP contribution in [-0.4, -0.2) is 23.5 Å². The molecule has 4 nitrogen and oxygen atoms in total. The number of nitrogens with one attached hydrogen (secondary N) is 1. The van der Waals surface area contributed by atoms with E-state index in [2.05, 4.69) is 76.6 Å². The van der Waals surface area contributed by atoms with Gasteiger partial charge in [0.2, 0.25) is 0 Å². The number of aromatic nitrogens is 1. The molecular formula is C27H27N3O. The number of ether oxygens (including phenoxy) is 1. The van der Waals surface area contributed by atoms with Gasteiger partial charge in [0.05, 0.1) is 19.6 Å². The molecule has 31 heavy (non-hydrogen) atoms. The van der Waals surface area contributed by atoms with Crippen molar-refractivity contribution >= 4 is 10.9 Å². The van der Waals surface area contributed by atoms with Crippen LogP contribution in [-0.2, 0) is 25.9 Å². The Morgan fingerprint density at radius 1 is 0.903 bits per heavy atom. The molecule has 0 saturated heterocycles. The van der Waals surface area contributed by atoms with Crippen LogP contribution in [0.4, 0.5) is 0 Å². The van der Waals surface area contributed by atoms with Crippen molar-refractivity contribution < 1.29 is 4.74 Å². The highest BCUT2D eigenvalue weighted by Gasteiger charge is 2.14. The first-order chi connectivity index (χ1) is 15.3. The Kier molecular flexibility index (Phi) is 6.66. The molecule has 0 spiro atoms. The van der Waals surface area contributed by atoms with Gasteiger partial charge in [0.25, 0.3) is 0 Å². The van der Waals surface area contributed by atoms with E-state index < -0.39 is 0 Å². The molecule has 156 valence electrons. The average Bonchev–Trinajstić information content (AvgIpc) is 3.15. The Morgan fingerprint density at radius 2 is 1.55 bits per heavy atom. The third-order valence-electron chi connectivity index (χ3n) is 5.63. The van der Waals surface area contributed by atoms with Gasteiger partial charge in [-0.15, -0.1) is 0 Å². The van der Waals surface area contributed by atoms with Crippen molar-refractivity contribution in [3.8, 4) is 11.8 Å². The molecule has 0 amide bonds. The van der Waals surface area contributed by atoms with Crippen LogP contribution in [0.3, 0.4) is 0 Å². The minimum atomic E-state index is 0.389. The number of fused-ring (bicyclic) bond motifs is 1. The van der Waals surface area contributed by atoms with Gasteiger partial charge in [0, 0.05) is 42.7 Å². The number of hydrogen-bond acceptors (Lipinski definition) is 3. The summed E-state index contributed by atoms with van der Waals surface area (Å²) < 4.78 is 5.39. The van der Waals surface area contributed by atoms with Gasteiger partial charge in [-0.05, 0) is 34.9 Å². The molecule has 4 rings (SSSR count). The van der Waals surface area contributed by atoms with E-state index in [4.69, 9.17) is 4.74 Å². The van der Waals surface area contributed by atoms with Crippen molar-refractivity contribution in [2.24, 2.45) is 0 Å². The molecule has 0 fully saturated rings. The van der Waals surface area contributed by atoms with Gasteiger partial charge in [0.1, 0.15) is 5.75 Å².